The molecule has 6 heteroatoms. The summed E-state index contributed by atoms with van der Waals surface area (Å²) >= 11 is 0. The predicted molar refractivity (Wildman–Crippen MR) is 47.4 cm³/mol. The molecule has 0 radical (unpaired) electrons. The number of ether oxygens (including phenoxy) is 1. The summed E-state index contributed by atoms with van der Waals surface area (Å²) in [7, 11) is 1.27. The molecule has 0 amide bonds. The number of alkyl halides is 2. The molecule has 0 unspecified atom stereocenters. The highest BCUT2D eigenvalue weighted by atomic mass is 19.3. The number of esters is 1. The maximum atomic E-state index is 12.5. The lowest BCUT2D eigenvalue weighted by atomic mass is 10.2. The first kappa shape index (κ1) is 13.4. The van der Waals surface area contributed by atoms with Crippen LogP contribution in [0.3, 0.4) is 0 Å². The molecular formula is C9H10F3NO2. The van der Waals surface area contributed by atoms with E-state index < -0.39 is 18.8 Å². The van der Waals surface area contributed by atoms with Crippen molar-refractivity contribution in [3.63, 3.8) is 0 Å². The van der Waals surface area contributed by atoms with Gasteiger partial charge in [-0.05, 0) is 19.1 Å². The minimum atomic E-state index is -1.75. The van der Waals surface area contributed by atoms with Crippen LogP contribution in [0.1, 0.15) is 16.1 Å². The number of rotatable bonds is 1. The largest absolute Gasteiger partial charge is 0.465 e. The quantitative estimate of drug-likeness (QED) is 0.539. The number of aromatic nitrogens is 1. The van der Waals surface area contributed by atoms with Crippen molar-refractivity contribution >= 4 is 5.97 Å². The molecule has 0 spiro atoms. The number of hydrogen-bond donors (Lipinski definition) is 0. The van der Waals surface area contributed by atoms with Crippen LogP contribution in [0.15, 0.2) is 12.1 Å². The standard InChI is InChI=1S/C8H8FNO2.CH2F2/c1-5-6(8(11)12-2)3-4-7(9)10-5;2-1-3/h3-4H,1-2H3;1H2. The molecule has 0 aliphatic rings. The highest BCUT2D eigenvalue weighted by Crippen LogP contribution is 2.06. The van der Waals surface area contributed by atoms with Crippen LogP contribution in [0.2, 0.25) is 0 Å². The van der Waals surface area contributed by atoms with Crippen LogP contribution in [0.4, 0.5) is 13.2 Å². The van der Waals surface area contributed by atoms with Crippen LogP contribution in [0.25, 0.3) is 0 Å². The minimum Gasteiger partial charge on any atom is -0.465 e. The molecule has 84 valence electrons. The molecule has 0 N–H and O–H groups in total. The summed E-state index contributed by atoms with van der Waals surface area (Å²) in [5.74, 6) is -1.10. The third-order valence-corrected chi connectivity index (χ3v) is 1.46. The van der Waals surface area contributed by atoms with Gasteiger partial charge in [0.1, 0.15) is 0 Å². The van der Waals surface area contributed by atoms with Gasteiger partial charge in [0, 0.05) is 0 Å². The Morgan fingerprint density at radius 2 is 2.00 bits per heavy atom. The topological polar surface area (TPSA) is 39.2 Å². The second-order valence-corrected chi connectivity index (χ2v) is 2.36. The van der Waals surface area contributed by atoms with Crippen molar-refractivity contribution in [2.45, 2.75) is 6.92 Å². The summed E-state index contributed by atoms with van der Waals surface area (Å²) in [6.07, 6.45) is 0. The number of methoxy groups -OCH3 is 1. The number of pyridine rings is 1. The van der Waals surface area contributed by atoms with Crippen LogP contribution in [-0.4, -0.2) is 25.0 Å². The highest BCUT2D eigenvalue weighted by Gasteiger charge is 2.09. The van der Waals surface area contributed by atoms with Crippen molar-refractivity contribution in [1.29, 1.82) is 0 Å². The van der Waals surface area contributed by atoms with Gasteiger partial charge >= 0.3 is 5.97 Å². The SMILES string of the molecule is COC(=O)c1ccc(F)nc1C.FCF. The summed E-state index contributed by atoms with van der Waals surface area (Å²) in [5, 5.41) is 0. The lowest BCUT2D eigenvalue weighted by molar-refractivity contribution is 0.0599. The Labute approximate surface area is 84.9 Å². The molecule has 1 aromatic heterocycles. The Kier molecular flexibility index (Phi) is 6.08. The molecule has 0 saturated heterocycles. The third kappa shape index (κ3) is 4.44. The number of halogens is 3. The average molecular weight is 221 g/mol. The van der Waals surface area contributed by atoms with Gasteiger partial charge in [-0.25, -0.2) is 18.6 Å². The summed E-state index contributed by atoms with van der Waals surface area (Å²) in [6, 6.07) is 2.47. The maximum Gasteiger partial charge on any atom is 0.339 e. The molecule has 3 nitrogen and oxygen atoms in total. The zero-order valence-corrected chi connectivity index (χ0v) is 8.26. The monoisotopic (exact) mass is 221 g/mol. The number of carbonyl (C=O) groups excluding carboxylic acids is 1. The van der Waals surface area contributed by atoms with Crippen molar-refractivity contribution in [3.8, 4) is 0 Å². The Bertz CT molecular complexity index is 331. The van der Waals surface area contributed by atoms with E-state index in [0.717, 1.165) is 6.07 Å². The molecule has 1 rings (SSSR count). The lowest BCUT2D eigenvalue weighted by Crippen LogP contribution is -2.05. The Morgan fingerprint density at radius 1 is 1.47 bits per heavy atom. The molecule has 0 aliphatic heterocycles. The highest BCUT2D eigenvalue weighted by molar-refractivity contribution is 5.90. The summed E-state index contributed by atoms with van der Waals surface area (Å²) in [4.78, 5) is 14.4. The summed E-state index contributed by atoms with van der Waals surface area (Å²) < 4.78 is 36.2. The van der Waals surface area contributed by atoms with Crippen molar-refractivity contribution in [2.24, 2.45) is 0 Å². The van der Waals surface area contributed by atoms with E-state index in [-0.39, 0.29) is 0 Å². The average Bonchev–Trinajstić information content (AvgIpc) is 2.18. The van der Waals surface area contributed by atoms with E-state index in [9.17, 15) is 18.0 Å². The lowest BCUT2D eigenvalue weighted by Gasteiger charge is -2.01. The molecule has 0 aliphatic carbocycles. The number of aryl methyl sites for hydroxylation is 1. The third-order valence-electron chi connectivity index (χ3n) is 1.46. The van der Waals surface area contributed by atoms with Crippen LogP contribution in [0, 0.1) is 12.9 Å². The Balaban J connectivity index is 0.000000583. The van der Waals surface area contributed by atoms with E-state index in [0.29, 0.717) is 11.3 Å². The van der Waals surface area contributed by atoms with E-state index in [1.54, 1.807) is 6.92 Å². The van der Waals surface area contributed by atoms with Crippen molar-refractivity contribution in [1.82, 2.24) is 4.98 Å². The molecule has 0 bridgehead atoms. The van der Waals surface area contributed by atoms with E-state index in [1.165, 1.54) is 13.2 Å². The van der Waals surface area contributed by atoms with Crippen LogP contribution < -0.4 is 0 Å². The second-order valence-electron chi connectivity index (χ2n) is 2.36. The molecular weight excluding hydrogens is 211 g/mol. The van der Waals surface area contributed by atoms with E-state index in [1.807, 2.05) is 0 Å². The fourth-order valence-electron chi connectivity index (χ4n) is 0.856. The summed E-state index contributed by atoms with van der Waals surface area (Å²) in [5.41, 5.74) is 0.626. The number of carbonyl (C=O) groups is 1. The van der Waals surface area contributed by atoms with Crippen molar-refractivity contribution in [2.75, 3.05) is 14.0 Å². The number of nitrogens with zero attached hydrogens (tertiary/aromatic N) is 1. The molecule has 0 atom stereocenters. The molecule has 0 aromatic carbocycles. The number of hydrogen-bond acceptors (Lipinski definition) is 3. The molecule has 0 saturated carbocycles. The fraction of sp³-hybridized carbons (Fsp3) is 0.333. The van der Waals surface area contributed by atoms with E-state index in [2.05, 4.69) is 9.72 Å². The first-order valence-electron chi connectivity index (χ1n) is 3.90. The Morgan fingerprint density at radius 3 is 2.40 bits per heavy atom. The normalized spacial score (nSPS) is 8.87. The van der Waals surface area contributed by atoms with Crippen molar-refractivity contribution in [3.05, 3.63) is 29.3 Å². The summed E-state index contributed by atoms with van der Waals surface area (Å²) in [6.45, 7) is -0.199. The predicted octanol–water partition coefficient (Wildman–Crippen LogP) is 2.20. The van der Waals surface area contributed by atoms with Crippen molar-refractivity contribution < 1.29 is 22.7 Å². The van der Waals surface area contributed by atoms with Gasteiger partial charge in [-0.1, -0.05) is 0 Å². The zero-order chi connectivity index (χ0) is 11.8. The van der Waals surface area contributed by atoms with Gasteiger partial charge in [-0.15, -0.1) is 0 Å². The smallest absolute Gasteiger partial charge is 0.339 e. The minimum absolute atomic E-state index is 0.291. The zero-order valence-electron chi connectivity index (χ0n) is 8.26. The molecule has 1 aromatic rings. The first-order chi connectivity index (χ1) is 7.06. The Hall–Kier alpha value is -1.59. The second kappa shape index (κ2) is 6.80. The van der Waals surface area contributed by atoms with Gasteiger partial charge in [0.25, 0.3) is 0 Å². The van der Waals surface area contributed by atoms with Gasteiger partial charge < -0.3 is 4.74 Å². The van der Waals surface area contributed by atoms with E-state index in [4.69, 9.17) is 0 Å². The first-order valence-corrected chi connectivity index (χ1v) is 3.90. The van der Waals surface area contributed by atoms with Crippen LogP contribution in [0.5, 0.6) is 0 Å². The van der Waals surface area contributed by atoms with E-state index >= 15 is 0 Å². The molecule has 1 heterocycles. The molecule has 0 fully saturated rings. The van der Waals surface area contributed by atoms with Gasteiger partial charge in [-0.3, -0.25) is 0 Å². The maximum absolute atomic E-state index is 12.5. The fourth-order valence-corrected chi connectivity index (χ4v) is 0.856. The van der Waals surface area contributed by atoms with Crippen LogP contribution >= 0.6 is 0 Å². The molecule has 15 heavy (non-hydrogen) atoms. The van der Waals surface area contributed by atoms with Crippen LogP contribution in [-0.2, 0) is 4.74 Å². The van der Waals surface area contributed by atoms with Gasteiger partial charge in [0.05, 0.1) is 18.4 Å². The van der Waals surface area contributed by atoms with Gasteiger partial charge in [-0.2, -0.15) is 4.39 Å². The van der Waals surface area contributed by atoms with Gasteiger partial charge in [0.15, 0.2) is 0 Å². The van der Waals surface area contributed by atoms with Gasteiger partial charge in [0.2, 0.25) is 12.9 Å².